The normalized spacial score (nSPS) is 26.0. The topological polar surface area (TPSA) is 128 Å². The Bertz CT molecular complexity index is 793. The first-order chi connectivity index (χ1) is 13.0. The molecule has 2 saturated heterocycles. The summed E-state index contributed by atoms with van der Waals surface area (Å²) in [6.45, 7) is 1.33. The van der Waals surface area contributed by atoms with Crippen LogP contribution < -0.4 is 16.8 Å². The number of amidine groups is 1. The molecule has 0 radical (unpaired) electrons. The van der Waals surface area contributed by atoms with Crippen LogP contribution >= 0.6 is 11.6 Å². The molecule has 144 valence electrons. The van der Waals surface area contributed by atoms with Crippen molar-refractivity contribution >= 4 is 23.1 Å². The monoisotopic (exact) mass is 391 g/mol. The lowest BCUT2D eigenvalue weighted by molar-refractivity contribution is -0.0321. The van der Waals surface area contributed by atoms with Gasteiger partial charge in [0.05, 0.1) is 42.7 Å². The van der Waals surface area contributed by atoms with Crippen molar-refractivity contribution in [1.82, 2.24) is 5.32 Å². The van der Waals surface area contributed by atoms with E-state index in [0.717, 1.165) is 12.8 Å². The maximum atomic E-state index is 8.91. The fraction of sp³-hybridized carbons (Fsp3) is 0.444. The zero-order valence-corrected chi connectivity index (χ0v) is 15.7. The molecule has 2 atom stereocenters. The Morgan fingerprint density at radius 3 is 2.63 bits per heavy atom. The molecule has 0 saturated carbocycles. The number of nitrogens with one attached hydrogen (secondary N) is 1. The molecule has 2 heterocycles. The van der Waals surface area contributed by atoms with E-state index in [9.17, 15) is 0 Å². The zero-order valence-electron chi connectivity index (χ0n) is 14.9. The minimum Gasteiger partial charge on any atom is -0.489 e. The summed E-state index contributed by atoms with van der Waals surface area (Å²) in [5.74, 6) is 0.267. The van der Waals surface area contributed by atoms with Gasteiger partial charge in [0.2, 0.25) is 11.6 Å². The third-order valence-corrected chi connectivity index (χ3v) is 4.78. The van der Waals surface area contributed by atoms with Gasteiger partial charge in [-0.25, -0.2) is 4.99 Å². The molecule has 2 fully saturated rings. The van der Waals surface area contributed by atoms with Gasteiger partial charge in [-0.1, -0.05) is 11.6 Å². The van der Waals surface area contributed by atoms with Gasteiger partial charge in [-0.15, -0.1) is 0 Å². The van der Waals surface area contributed by atoms with E-state index in [2.05, 4.69) is 10.3 Å². The van der Waals surface area contributed by atoms with Gasteiger partial charge in [0.15, 0.2) is 5.84 Å². The van der Waals surface area contributed by atoms with Crippen molar-refractivity contribution in [3.63, 3.8) is 0 Å². The lowest BCUT2D eigenvalue weighted by Crippen LogP contribution is -2.55. The minimum atomic E-state index is -0.0541. The number of fused-ring (bicyclic) bond motifs is 2. The van der Waals surface area contributed by atoms with E-state index < -0.39 is 0 Å². The summed E-state index contributed by atoms with van der Waals surface area (Å²) in [6.07, 6.45) is 1.51. The summed E-state index contributed by atoms with van der Waals surface area (Å²) in [7, 11) is 1.44. The Hall–Kier alpha value is -2.47. The van der Waals surface area contributed by atoms with Crippen LogP contribution in [0.1, 0.15) is 18.4 Å². The molecule has 0 amide bonds. The van der Waals surface area contributed by atoms with Crippen LogP contribution in [-0.4, -0.2) is 44.3 Å². The van der Waals surface area contributed by atoms with Crippen LogP contribution in [0.4, 0.5) is 5.69 Å². The summed E-state index contributed by atoms with van der Waals surface area (Å²) in [4.78, 5) is 4.25. The summed E-state index contributed by atoms with van der Waals surface area (Å²) >= 11 is 6.14. The van der Waals surface area contributed by atoms with Crippen LogP contribution in [0.25, 0.3) is 0 Å². The number of morpholine rings is 1. The molecule has 9 heteroatoms. The Morgan fingerprint density at radius 1 is 1.33 bits per heavy atom. The van der Waals surface area contributed by atoms with Gasteiger partial charge in [-0.2, -0.15) is 5.26 Å². The third-order valence-electron chi connectivity index (χ3n) is 4.48. The number of hydrogen-bond acceptors (Lipinski definition) is 7. The minimum absolute atomic E-state index is 0.0408. The van der Waals surface area contributed by atoms with Crippen molar-refractivity contribution in [2.24, 2.45) is 16.5 Å². The average Bonchev–Trinajstić information content (AvgIpc) is 2.63. The molecule has 2 bridgehead atoms. The maximum absolute atomic E-state index is 8.91. The molecule has 1 aromatic carbocycles. The summed E-state index contributed by atoms with van der Waals surface area (Å²) < 4.78 is 16.7. The number of methoxy groups -OCH3 is 1. The first-order valence-electron chi connectivity index (χ1n) is 8.58. The second kappa shape index (κ2) is 8.48. The quantitative estimate of drug-likeness (QED) is 0.394. The van der Waals surface area contributed by atoms with Gasteiger partial charge in [-0.05, 0) is 18.2 Å². The molecular formula is C18H22ClN5O3. The van der Waals surface area contributed by atoms with Gasteiger partial charge in [-0.3, -0.25) is 0 Å². The van der Waals surface area contributed by atoms with Gasteiger partial charge in [0.25, 0.3) is 0 Å². The molecule has 3 rings (SSSR count). The van der Waals surface area contributed by atoms with Crippen molar-refractivity contribution in [2.45, 2.75) is 31.0 Å². The van der Waals surface area contributed by atoms with Crippen LogP contribution in [0.2, 0.25) is 5.02 Å². The SMILES string of the molecule is COC(C(N)=Nc1ccc(C#N)cc1Cl)=C(N)OC1CC2COCC(C1)N2. The highest BCUT2D eigenvalue weighted by molar-refractivity contribution is 6.33. The fourth-order valence-electron chi connectivity index (χ4n) is 3.29. The number of ether oxygens (including phenoxy) is 3. The molecule has 0 spiro atoms. The molecule has 8 nitrogen and oxygen atoms in total. The third kappa shape index (κ3) is 4.63. The zero-order chi connectivity index (χ0) is 19.4. The lowest BCUT2D eigenvalue weighted by atomic mass is 9.95. The smallest absolute Gasteiger partial charge is 0.232 e. The summed E-state index contributed by atoms with van der Waals surface area (Å²) in [6, 6.07) is 7.24. The molecule has 2 unspecified atom stereocenters. The Morgan fingerprint density at radius 2 is 2.04 bits per heavy atom. The highest BCUT2D eigenvalue weighted by atomic mass is 35.5. The molecular weight excluding hydrogens is 370 g/mol. The van der Waals surface area contributed by atoms with E-state index in [1.807, 2.05) is 6.07 Å². The number of halogens is 1. The largest absolute Gasteiger partial charge is 0.489 e. The number of rotatable bonds is 5. The van der Waals surface area contributed by atoms with Gasteiger partial charge < -0.3 is 31.0 Å². The van der Waals surface area contributed by atoms with Crippen LogP contribution in [0.15, 0.2) is 34.8 Å². The Kier molecular flexibility index (Phi) is 6.06. The van der Waals surface area contributed by atoms with Crippen LogP contribution in [-0.2, 0) is 14.2 Å². The van der Waals surface area contributed by atoms with Crippen molar-refractivity contribution in [1.29, 1.82) is 5.26 Å². The first kappa shape index (κ1) is 19.3. The number of hydrogen-bond donors (Lipinski definition) is 3. The number of nitrogens with two attached hydrogens (primary N) is 2. The average molecular weight is 392 g/mol. The predicted molar refractivity (Wildman–Crippen MR) is 101 cm³/mol. The first-order valence-corrected chi connectivity index (χ1v) is 8.96. The van der Waals surface area contributed by atoms with Crippen molar-refractivity contribution in [3.05, 3.63) is 40.4 Å². The molecule has 5 N–H and O–H groups in total. The van der Waals surface area contributed by atoms with E-state index in [-0.39, 0.29) is 35.7 Å². The van der Waals surface area contributed by atoms with Gasteiger partial charge >= 0.3 is 0 Å². The van der Waals surface area contributed by atoms with Crippen LogP contribution in [0.5, 0.6) is 0 Å². The van der Waals surface area contributed by atoms with Gasteiger partial charge in [0, 0.05) is 24.9 Å². The Balaban J connectivity index is 1.76. The number of benzene rings is 1. The van der Waals surface area contributed by atoms with E-state index in [4.69, 9.17) is 42.5 Å². The highest BCUT2D eigenvalue weighted by Gasteiger charge is 2.33. The van der Waals surface area contributed by atoms with Crippen molar-refractivity contribution in [2.75, 3.05) is 20.3 Å². The van der Waals surface area contributed by atoms with E-state index in [1.165, 1.54) is 13.2 Å². The molecule has 0 aliphatic carbocycles. The maximum Gasteiger partial charge on any atom is 0.232 e. The number of nitriles is 1. The molecule has 0 aromatic heterocycles. The number of aliphatic imine (C=N–C) groups is 1. The van der Waals surface area contributed by atoms with Crippen LogP contribution in [0, 0.1) is 11.3 Å². The molecule has 1 aromatic rings. The fourth-order valence-corrected chi connectivity index (χ4v) is 3.52. The van der Waals surface area contributed by atoms with Crippen LogP contribution in [0.3, 0.4) is 0 Å². The summed E-state index contributed by atoms with van der Waals surface area (Å²) in [5, 5.41) is 12.7. The predicted octanol–water partition coefficient (Wildman–Crippen LogP) is 1.51. The highest BCUT2D eigenvalue weighted by Crippen LogP contribution is 2.27. The second-order valence-electron chi connectivity index (χ2n) is 6.48. The standard InChI is InChI=1S/C18H22ClN5O3/c1-25-16(17(21)24-15-3-2-10(7-20)4-14(15)19)18(22)27-13-5-11-8-26-9-12(6-13)23-11/h2-4,11-13,23H,5-6,8-9,22H2,1H3,(H2,21,24). The van der Waals surface area contributed by atoms with Crippen molar-refractivity contribution in [3.8, 4) is 6.07 Å². The Labute approximate surface area is 162 Å². The number of piperidine rings is 1. The second-order valence-corrected chi connectivity index (χ2v) is 6.89. The molecule has 2 aliphatic rings. The van der Waals surface area contributed by atoms with Gasteiger partial charge in [0.1, 0.15) is 6.10 Å². The lowest BCUT2D eigenvalue weighted by Gasteiger charge is -2.39. The molecule has 27 heavy (non-hydrogen) atoms. The van der Waals surface area contributed by atoms with Crippen molar-refractivity contribution < 1.29 is 14.2 Å². The van der Waals surface area contributed by atoms with E-state index >= 15 is 0 Å². The van der Waals surface area contributed by atoms with E-state index in [1.54, 1.807) is 12.1 Å². The van der Waals surface area contributed by atoms with E-state index in [0.29, 0.717) is 29.5 Å². The number of nitrogens with zero attached hydrogens (tertiary/aromatic N) is 2. The molecule has 2 aliphatic heterocycles. The summed E-state index contributed by atoms with van der Waals surface area (Å²) in [5.41, 5.74) is 13.0.